The summed E-state index contributed by atoms with van der Waals surface area (Å²) < 4.78 is 26.7. The summed E-state index contributed by atoms with van der Waals surface area (Å²) in [6.07, 6.45) is 2.35. The van der Waals surface area contributed by atoms with Gasteiger partial charge in [-0.2, -0.15) is 0 Å². The van der Waals surface area contributed by atoms with E-state index in [1.807, 2.05) is 13.8 Å². The Bertz CT molecular complexity index is 605. The molecule has 0 aromatic heterocycles. The molecule has 0 aliphatic heterocycles. The van der Waals surface area contributed by atoms with E-state index in [1.54, 1.807) is 0 Å². The van der Waals surface area contributed by atoms with Gasteiger partial charge < -0.3 is 10.2 Å². The molecule has 0 amide bonds. The lowest BCUT2D eigenvalue weighted by molar-refractivity contribution is -0.131. The molecule has 1 rings (SSSR count). The van der Waals surface area contributed by atoms with Crippen LogP contribution in [0.4, 0.5) is 0 Å². The normalized spacial score (nSPS) is 13.7. The van der Waals surface area contributed by atoms with Crippen molar-refractivity contribution < 1.29 is 23.4 Å². The number of hydrogen-bond donors (Lipinski definition) is 3. The fraction of sp³-hybridized carbons (Fsp3) is 0.357. The number of carbonyl (C=O) groups is 1. The fourth-order valence-electron chi connectivity index (χ4n) is 1.58. The highest BCUT2D eigenvalue weighted by molar-refractivity contribution is 7.89. The molecule has 0 heterocycles. The van der Waals surface area contributed by atoms with Crippen molar-refractivity contribution in [2.24, 2.45) is 5.92 Å². The second kappa shape index (κ2) is 7.35. The third-order valence-corrected chi connectivity index (χ3v) is 4.42. The predicted octanol–water partition coefficient (Wildman–Crippen LogP) is 1.08. The number of aliphatic carboxylic acids is 1. The molecule has 0 spiro atoms. The van der Waals surface area contributed by atoms with E-state index < -0.39 is 22.0 Å². The number of nitrogens with one attached hydrogen (secondary N) is 1. The SMILES string of the molecule is CC(C)C(CO)NS(=O)(=O)c1ccc(C=CC(=O)O)cc1. The summed E-state index contributed by atoms with van der Waals surface area (Å²) in [5.41, 5.74) is 0.582. The number of benzene rings is 1. The van der Waals surface area contributed by atoms with E-state index in [9.17, 15) is 18.3 Å². The Morgan fingerprint density at radius 1 is 1.29 bits per heavy atom. The fourth-order valence-corrected chi connectivity index (χ4v) is 2.95. The Morgan fingerprint density at radius 2 is 1.86 bits per heavy atom. The first-order valence-corrected chi connectivity index (χ1v) is 7.89. The zero-order chi connectivity index (χ0) is 16.0. The maximum absolute atomic E-state index is 12.1. The smallest absolute Gasteiger partial charge is 0.328 e. The van der Waals surface area contributed by atoms with Gasteiger partial charge in [0.05, 0.1) is 11.5 Å². The van der Waals surface area contributed by atoms with E-state index in [0.717, 1.165) is 6.08 Å². The van der Waals surface area contributed by atoms with E-state index in [1.165, 1.54) is 30.3 Å². The molecule has 0 fully saturated rings. The second-order valence-electron chi connectivity index (χ2n) is 4.89. The molecule has 1 aromatic rings. The van der Waals surface area contributed by atoms with Crippen molar-refractivity contribution in [2.75, 3.05) is 6.61 Å². The van der Waals surface area contributed by atoms with Crippen LogP contribution in [0.5, 0.6) is 0 Å². The third kappa shape index (κ3) is 5.30. The lowest BCUT2D eigenvalue weighted by Gasteiger charge is -2.19. The minimum atomic E-state index is -3.72. The van der Waals surface area contributed by atoms with Gasteiger partial charge >= 0.3 is 5.97 Å². The molecule has 6 nitrogen and oxygen atoms in total. The average molecular weight is 313 g/mol. The number of aliphatic hydroxyl groups excluding tert-OH is 1. The van der Waals surface area contributed by atoms with Crippen molar-refractivity contribution in [3.05, 3.63) is 35.9 Å². The van der Waals surface area contributed by atoms with Gasteiger partial charge in [0, 0.05) is 12.1 Å². The van der Waals surface area contributed by atoms with Crippen molar-refractivity contribution >= 4 is 22.1 Å². The molecule has 1 atom stereocenters. The van der Waals surface area contributed by atoms with Crippen LogP contribution in [0.3, 0.4) is 0 Å². The van der Waals surface area contributed by atoms with Crippen molar-refractivity contribution in [3.63, 3.8) is 0 Å². The van der Waals surface area contributed by atoms with Gasteiger partial charge in [0.15, 0.2) is 0 Å². The van der Waals surface area contributed by atoms with Gasteiger partial charge in [-0.3, -0.25) is 0 Å². The minimum Gasteiger partial charge on any atom is -0.478 e. The molecule has 21 heavy (non-hydrogen) atoms. The predicted molar refractivity (Wildman–Crippen MR) is 79.1 cm³/mol. The second-order valence-corrected chi connectivity index (χ2v) is 6.61. The zero-order valence-corrected chi connectivity index (χ0v) is 12.7. The molecule has 0 saturated carbocycles. The van der Waals surface area contributed by atoms with Crippen LogP contribution in [-0.4, -0.2) is 37.2 Å². The molecule has 0 radical (unpaired) electrons. The molecule has 116 valence electrons. The highest BCUT2D eigenvalue weighted by atomic mass is 32.2. The number of hydrogen-bond acceptors (Lipinski definition) is 4. The summed E-state index contributed by atoms with van der Waals surface area (Å²) in [6, 6.07) is 5.24. The van der Waals surface area contributed by atoms with Gasteiger partial charge in [-0.1, -0.05) is 26.0 Å². The largest absolute Gasteiger partial charge is 0.478 e. The number of carboxylic acids is 1. The van der Waals surface area contributed by atoms with Gasteiger partial charge in [0.2, 0.25) is 10.0 Å². The third-order valence-electron chi connectivity index (χ3n) is 2.92. The molecule has 1 unspecified atom stereocenters. The number of rotatable bonds is 7. The van der Waals surface area contributed by atoms with Gasteiger partial charge in [-0.25, -0.2) is 17.9 Å². The molecular weight excluding hydrogens is 294 g/mol. The lowest BCUT2D eigenvalue weighted by atomic mass is 10.1. The molecule has 0 aliphatic carbocycles. The first-order valence-electron chi connectivity index (χ1n) is 6.40. The molecule has 3 N–H and O–H groups in total. The molecule has 7 heteroatoms. The van der Waals surface area contributed by atoms with Crippen molar-refractivity contribution in [2.45, 2.75) is 24.8 Å². The number of sulfonamides is 1. The van der Waals surface area contributed by atoms with Gasteiger partial charge in [-0.05, 0) is 29.7 Å². The van der Waals surface area contributed by atoms with Crippen LogP contribution in [0.2, 0.25) is 0 Å². The van der Waals surface area contributed by atoms with Crippen molar-refractivity contribution in [1.82, 2.24) is 4.72 Å². The Labute approximate surface area is 124 Å². The summed E-state index contributed by atoms with van der Waals surface area (Å²) >= 11 is 0. The zero-order valence-electron chi connectivity index (χ0n) is 11.9. The Morgan fingerprint density at radius 3 is 2.29 bits per heavy atom. The summed E-state index contributed by atoms with van der Waals surface area (Å²) in [4.78, 5) is 10.5. The molecule has 0 bridgehead atoms. The average Bonchev–Trinajstić information content (AvgIpc) is 2.42. The first-order chi connectivity index (χ1) is 9.76. The summed E-state index contributed by atoms with van der Waals surface area (Å²) in [5.74, 6) is -1.11. The number of aliphatic hydroxyl groups is 1. The topological polar surface area (TPSA) is 104 Å². The summed E-state index contributed by atoms with van der Waals surface area (Å²) in [7, 11) is -3.72. The maximum Gasteiger partial charge on any atom is 0.328 e. The molecule has 1 aromatic carbocycles. The van der Waals surface area contributed by atoms with E-state index in [4.69, 9.17) is 5.11 Å². The monoisotopic (exact) mass is 313 g/mol. The van der Waals surface area contributed by atoms with Crippen LogP contribution in [0.15, 0.2) is 35.2 Å². The minimum absolute atomic E-state index is 0.0393. The van der Waals surface area contributed by atoms with Crippen molar-refractivity contribution in [3.8, 4) is 0 Å². The molecular formula is C14H19NO5S. The van der Waals surface area contributed by atoms with E-state index in [2.05, 4.69) is 4.72 Å². The van der Waals surface area contributed by atoms with Gasteiger partial charge in [0.25, 0.3) is 0 Å². The first kappa shape index (κ1) is 17.4. The summed E-state index contributed by atoms with van der Waals surface area (Å²) in [5, 5.41) is 17.7. The quantitative estimate of drug-likeness (QED) is 0.654. The molecule has 0 aliphatic rings. The van der Waals surface area contributed by atoms with Crippen molar-refractivity contribution in [1.29, 1.82) is 0 Å². The highest BCUT2D eigenvalue weighted by Gasteiger charge is 2.21. The number of carboxylic acid groups (broad SMARTS) is 1. The Hall–Kier alpha value is -1.70. The standard InChI is InChI=1S/C14H19NO5S/c1-10(2)13(9-16)15-21(19,20)12-6-3-11(4-7-12)5-8-14(17)18/h3-8,10,13,15-16H,9H2,1-2H3,(H,17,18). The van der Waals surface area contributed by atoms with Gasteiger partial charge in [-0.15, -0.1) is 0 Å². The van der Waals surface area contributed by atoms with Crippen LogP contribution in [0, 0.1) is 5.92 Å². The van der Waals surface area contributed by atoms with Crippen LogP contribution >= 0.6 is 0 Å². The van der Waals surface area contributed by atoms with Crippen LogP contribution in [0.25, 0.3) is 6.08 Å². The molecule has 0 saturated heterocycles. The maximum atomic E-state index is 12.1. The highest BCUT2D eigenvalue weighted by Crippen LogP contribution is 2.13. The van der Waals surface area contributed by atoms with E-state index in [0.29, 0.717) is 5.56 Å². The summed E-state index contributed by atoms with van der Waals surface area (Å²) in [6.45, 7) is 3.34. The van der Waals surface area contributed by atoms with E-state index in [-0.39, 0.29) is 17.4 Å². The van der Waals surface area contributed by atoms with Crippen LogP contribution in [-0.2, 0) is 14.8 Å². The van der Waals surface area contributed by atoms with Crippen LogP contribution in [0.1, 0.15) is 19.4 Å². The Kier molecular flexibility index (Phi) is 6.07. The lowest BCUT2D eigenvalue weighted by Crippen LogP contribution is -2.41. The van der Waals surface area contributed by atoms with Crippen LogP contribution < -0.4 is 4.72 Å². The Balaban J connectivity index is 2.92. The van der Waals surface area contributed by atoms with E-state index >= 15 is 0 Å². The van der Waals surface area contributed by atoms with Gasteiger partial charge in [0.1, 0.15) is 0 Å².